The average Bonchev–Trinajstić information content (AvgIpc) is 2.51. The Bertz CT molecular complexity index is 475. The van der Waals surface area contributed by atoms with Crippen LogP contribution in [0.1, 0.15) is 46.0 Å². The normalized spacial score (nSPS) is 14.2. The van der Waals surface area contributed by atoms with Gasteiger partial charge in [0, 0.05) is 0 Å². The second-order valence-electron chi connectivity index (χ2n) is 5.55. The van der Waals surface area contributed by atoms with Crippen LogP contribution in [0.15, 0.2) is 0 Å². The summed E-state index contributed by atoms with van der Waals surface area (Å²) in [4.78, 5) is 0. The molecule has 0 radical (unpaired) electrons. The van der Waals surface area contributed by atoms with Gasteiger partial charge < -0.3 is 0 Å². The van der Waals surface area contributed by atoms with E-state index >= 15 is 0 Å². The van der Waals surface area contributed by atoms with E-state index in [2.05, 4.69) is 13.8 Å². The summed E-state index contributed by atoms with van der Waals surface area (Å²) in [6, 6.07) is 0. The number of hydrogen-bond donors (Lipinski definition) is 0. The zero-order chi connectivity index (χ0) is 16.9. The minimum Gasteiger partial charge on any atom is -0.203 e. The largest absolute Gasteiger partial charge is 0.203 e. The number of unbranched alkanes of at least 4 members (excludes halogenated alkanes) is 1. The summed E-state index contributed by atoms with van der Waals surface area (Å²) in [6.45, 7) is 5.71. The Balaban J connectivity index is 2.88. The van der Waals surface area contributed by atoms with E-state index in [4.69, 9.17) is 0 Å². The van der Waals surface area contributed by atoms with Gasteiger partial charge in [-0.2, -0.15) is 0 Å². The molecule has 0 amide bonds. The van der Waals surface area contributed by atoms with Crippen LogP contribution in [0.4, 0.5) is 22.0 Å². The number of rotatable bonds is 8. The predicted octanol–water partition coefficient (Wildman–Crippen LogP) is 5.73. The van der Waals surface area contributed by atoms with Crippen molar-refractivity contribution >= 4 is 13.2 Å². The van der Waals surface area contributed by atoms with Gasteiger partial charge in [0.2, 0.25) is 5.82 Å². The number of benzene rings is 1. The summed E-state index contributed by atoms with van der Waals surface area (Å²) < 4.78 is 67.1. The van der Waals surface area contributed by atoms with E-state index in [1.807, 2.05) is 0 Å². The Morgan fingerprint density at radius 2 is 1.32 bits per heavy atom. The molecule has 0 aliphatic carbocycles. The van der Waals surface area contributed by atoms with E-state index in [0.29, 0.717) is 12.1 Å². The molecule has 0 aromatic heterocycles. The van der Waals surface area contributed by atoms with E-state index in [0.717, 1.165) is 32.1 Å². The molecule has 1 rings (SSSR count). The summed E-state index contributed by atoms with van der Waals surface area (Å²) in [7, 11) is -1.41. The van der Waals surface area contributed by atoms with Crippen molar-refractivity contribution in [1.82, 2.24) is 0 Å². The highest BCUT2D eigenvalue weighted by Crippen LogP contribution is 2.36. The fourth-order valence-electron chi connectivity index (χ4n) is 2.46. The highest BCUT2D eigenvalue weighted by Gasteiger charge is 2.28. The van der Waals surface area contributed by atoms with Gasteiger partial charge in [0.05, 0.1) is 5.30 Å². The van der Waals surface area contributed by atoms with E-state index in [-0.39, 0.29) is 0 Å². The van der Waals surface area contributed by atoms with Crippen LogP contribution >= 0.6 is 7.92 Å². The zero-order valence-electron chi connectivity index (χ0n) is 13.2. The Morgan fingerprint density at radius 3 is 1.77 bits per heavy atom. The van der Waals surface area contributed by atoms with Gasteiger partial charge in [0.15, 0.2) is 23.3 Å². The SMILES string of the molecule is CCCCC(CC)CCP(C)c1c(F)c(F)c(F)c(F)c1F. The fourth-order valence-corrected chi connectivity index (χ4v) is 4.30. The van der Waals surface area contributed by atoms with Crippen LogP contribution in [0.2, 0.25) is 0 Å². The Kier molecular flexibility index (Phi) is 7.75. The molecule has 1 aromatic carbocycles. The van der Waals surface area contributed by atoms with Gasteiger partial charge in [-0.05, 0) is 25.2 Å². The molecule has 126 valence electrons. The summed E-state index contributed by atoms with van der Waals surface area (Å²) >= 11 is 0. The smallest absolute Gasteiger partial charge is 0.200 e. The molecular formula is C16H22F5P. The first-order valence-electron chi connectivity index (χ1n) is 7.57. The Morgan fingerprint density at radius 1 is 0.818 bits per heavy atom. The minimum absolute atomic E-state index is 0.436. The molecule has 0 spiro atoms. The van der Waals surface area contributed by atoms with Crippen molar-refractivity contribution in [1.29, 1.82) is 0 Å². The third kappa shape index (κ3) is 4.41. The first kappa shape index (κ1) is 19.3. The van der Waals surface area contributed by atoms with Gasteiger partial charge >= 0.3 is 0 Å². The van der Waals surface area contributed by atoms with Crippen molar-refractivity contribution in [2.75, 3.05) is 12.8 Å². The van der Waals surface area contributed by atoms with Crippen molar-refractivity contribution in [3.05, 3.63) is 29.1 Å². The first-order chi connectivity index (χ1) is 10.3. The minimum atomic E-state index is -2.09. The maximum Gasteiger partial charge on any atom is 0.200 e. The summed E-state index contributed by atoms with van der Waals surface area (Å²) in [5.74, 6) is -8.69. The molecule has 1 aromatic rings. The summed E-state index contributed by atoms with van der Waals surface area (Å²) in [5.41, 5.74) is 0. The molecule has 2 atom stereocenters. The molecule has 2 unspecified atom stereocenters. The lowest BCUT2D eigenvalue weighted by molar-refractivity contribution is 0.384. The van der Waals surface area contributed by atoms with Gasteiger partial charge in [0.25, 0.3) is 0 Å². The van der Waals surface area contributed by atoms with Gasteiger partial charge in [-0.1, -0.05) is 47.5 Å². The van der Waals surface area contributed by atoms with Crippen LogP contribution in [0.5, 0.6) is 0 Å². The van der Waals surface area contributed by atoms with Crippen molar-refractivity contribution in [3.8, 4) is 0 Å². The Hall–Kier alpha value is -0.700. The molecular weight excluding hydrogens is 318 g/mol. The molecule has 0 fully saturated rings. The maximum absolute atomic E-state index is 13.8. The highest BCUT2D eigenvalue weighted by molar-refractivity contribution is 7.64. The van der Waals surface area contributed by atoms with E-state index in [1.54, 1.807) is 6.66 Å². The van der Waals surface area contributed by atoms with Crippen LogP contribution in [-0.2, 0) is 0 Å². The second kappa shape index (κ2) is 8.81. The maximum atomic E-state index is 13.8. The molecule has 0 saturated heterocycles. The van der Waals surface area contributed by atoms with Crippen LogP contribution in [-0.4, -0.2) is 12.8 Å². The predicted molar refractivity (Wildman–Crippen MR) is 81.5 cm³/mol. The molecule has 0 aliphatic heterocycles. The van der Waals surface area contributed by atoms with Crippen LogP contribution < -0.4 is 5.30 Å². The van der Waals surface area contributed by atoms with Crippen molar-refractivity contribution in [2.24, 2.45) is 5.92 Å². The lowest BCUT2D eigenvalue weighted by Crippen LogP contribution is -2.20. The third-order valence-electron chi connectivity index (χ3n) is 3.98. The zero-order valence-corrected chi connectivity index (χ0v) is 14.1. The van der Waals surface area contributed by atoms with Crippen LogP contribution in [0.3, 0.4) is 0 Å². The van der Waals surface area contributed by atoms with Gasteiger partial charge in [-0.25, -0.2) is 22.0 Å². The van der Waals surface area contributed by atoms with E-state index < -0.39 is 42.3 Å². The molecule has 0 saturated carbocycles. The molecule has 0 N–H and O–H groups in total. The lowest BCUT2D eigenvalue weighted by Gasteiger charge is -2.19. The van der Waals surface area contributed by atoms with Gasteiger partial charge in [-0.3, -0.25) is 0 Å². The molecule has 0 aliphatic rings. The molecule has 0 nitrogen and oxygen atoms in total. The first-order valence-corrected chi connectivity index (χ1v) is 9.55. The quantitative estimate of drug-likeness (QED) is 0.245. The lowest BCUT2D eigenvalue weighted by atomic mass is 9.97. The molecule has 0 heterocycles. The molecule has 22 heavy (non-hydrogen) atoms. The monoisotopic (exact) mass is 340 g/mol. The second-order valence-corrected chi connectivity index (χ2v) is 7.84. The van der Waals surface area contributed by atoms with E-state index in [1.165, 1.54) is 0 Å². The van der Waals surface area contributed by atoms with Crippen molar-refractivity contribution in [3.63, 3.8) is 0 Å². The van der Waals surface area contributed by atoms with Gasteiger partial charge in [-0.15, -0.1) is 0 Å². The Labute approximate surface area is 129 Å². The van der Waals surface area contributed by atoms with Crippen LogP contribution in [0.25, 0.3) is 0 Å². The average molecular weight is 340 g/mol. The number of halogens is 5. The topological polar surface area (TPSA) is 0 Å². The van der Waals surface area contributed by atoms with E-state index in [9.17, 15) is 22.0 Å². The summed E-state index contributed by atoms with van der Waals surface area (Å²) in [6.07, 6.45) is 5.37. The molecule has 0 bridgehead atoms. The third-order valence-corrected chi connectivity index (χ3v) is 6.07. The van der Waals surface area contributed by atoms with Crippen molar-refractivity contribution in [2.45, 2.75) is 46.0 Å². The van der Waals surface area contributed by atoms with Crippen LogP contribution in [0, 0.1) is 35.0 Å². The standard InChI is InChI=1S/C16H22F5P/c1-4-6-7-10(5-2)8-9-22(3)16-14(20)12(18)11(17)13(19)15(16)21/h10H,4-9H2,1-3H3. The highest BCUT2D eigenvalue weighted by atomic mass is 31.1. The van der Waals surface area contributed by atoms with Gasteiger partial charge in [0.1, 0.15) is 0 Å². The molecule has 6 heteroatoms. The van der Waals surface area contributed by atoms with Crippen molar-refractivity contribution < 1.29 is 22.0 Å². The summed E-state index contributed by atoms with van der Waals surface area (Å²) in [5, 5.41) is -0.628. The fraction of sp³-hybridized carbons (Fsp3) is 0.625. The number of hydrogen-bond acceptors (Lipinski definition) is 0.